The fraction of sp³-hybridized carbons (Fsp3) is 0.211. The number of aryl methyl sites for hydroxylation is 3. The zero-order valence-electron chi connectivity index (χ0n) is 15.0. The molecular formula is C19H16N4O3S. The standard InChI is InChI=1S/C19H16N4O3S/c1-10-15-17(20-9-23(3)18(15)24)27-16(10)19(25)26-8-14-11(2)21-12-6-4-5-7-13(12)22-14/h4-7,9H,8H2,1-3H3. The first kappa shape index (κ1) is 17.3. The topological polar surface area (TPSA) is 87.0 Å². The van der Waals surface area contributed by atoms with Gasteiger partial charge in [0.25, 0.3) is 5.56 Å². The van der Waals surface area contributed by atoms with Gasteiger partial charge in [0.05, 0.1) is 34.1 Å². The van der Waals surface area contributed by atoms with Gasteiger partial charge >= 0.3 is 5.97 Å². The maximum absolute atomic E-state index is 12.6. The predicted octanol–water partition coefficient (Wildman–Crippen LogP) is 2.91. The van der Waals surface area contributed by atoms with Gasteiger partial charge in [0.2, 0.25) is 0 Å². The lowest BCUT2D eigenvalue weighted by molar-refractivity contribution is 0.0472. The molecule has 4 aromatic rings. The molecule has 0 N–H and O–H groups in total. The lowest BCUT2D eigenvalue weighted by Crippen LogP contribution is -2.16. The Morgan fingerprint density at radius 3 is 2.63 bits per heavy atom. The summed E-state index contributed by atoms with van der Waals surface area (Å²) in [6, 6.07) is 7.54. The fourth-order valence-corrected chi connectivity index (χ4v) is 3.90. The number of para-hydroxylation sites is 2. The number of nitrogens with zero attached hydrogens (tertiary/aromatic N) is 4. The van der Waals surface area contributed by atoms with Crippen molar-refractivity contribution in [3.05, 3.63) is 62.8 Å². The Morgan fingerprint density at radius 1 is 1.19 bits per heavy atom. The highest BCUT2D eigenvalue weighted by atomic mass is 32.1. The number of hydrogen-bond donors (Lipinski definition) is 0. The van der Waals surface area contributed by atoms with E-state index in [2.05, 4.69) is 15.0 Å². The van der Waals surface area contributed by atoms with Crippen LogP contribution in [0.25, 0.3) is 21.3 Å². The first-order valence-corrected chi connectivity index (χ1v) is 9.11. The molecule has 1 aromatic carbocycles. The van der Waals surface area contributed by atoms with Gasteiger partial charge in [-0.25, -0.2) is 19.7 Å². The van der Waals surface area contributed by atoms with Crippen molar-refractivity contribution in [2.75, 3.05) is 0 Å². The second kappa shape index (κ2) is 6.55. The molecule has 0 fully saturated rings. The second-order valence-electron chi connectivity index (χ2n) is 6.22. The number of rotatable bonds is 3. The van der Waals surface area contributed by atoms with Crippen LogP contribution in [0.2, 0.25) is 0 Å². The third-order valence-electron chi connectivity index (χ3n) is 4.38. The maximum Gasteiger partial charge on any atom is 0.349 e. The monoisotopic (exact) mass is 380 g/mol. The van der Waals surface area contributed by atoms with Crippen LogP contribution in [0.3, 0.4) is 0 Å². The highest BCUT2D eigenvalue weighted by Gasteiger charge is 2.20. The number of ether oxygens (including phenoxy) is 1. The van der Waals surface area contributed by atoms with Crippen molar-refractivity contribution in [3.63, 3.8) is 0 Å². The minimum atomic E-state index is -0.494. The molecule has 0 aliphatic carbocycles. The quantitative estimate of drug-likeness (QED) is 0.508. The van der Waals surface area contributed by atoms with Crippen molar-refractivity contribution in [2.45, 2.75) is 20.5 Å². The summed E-state index contributed by atoms with van der Waals surface area (Å²) in [5, 5.41) is 0.457. The summed E-state index contributed by atoms with van der Waals surface area (Å²) in [7, 11) is 1.63. The third-order valence-corrected chi connectivity index (χ3v) is 5.56. The molecule has 3 heterocycles. The molecule has 3 aromatic heterocycles. The van der Waals surface area contributed by atoms with Gasteiger partial charge < -0.3 is 9.30 Å². The SMILES string of the molecule is Cc1nc2ccccc2nc1COC(=O)c1sc2ncn(C)c(=O)c2c1C. The summed E-state index contributed by atoms with van der Waals surface area (Å²) in [5.41, 5.74) is 3.28. The van der Waals surface area contributed by atoms with Crippen LogP contribution in [0.4, 0.5) is 0 Å². The number of carbonyl (C=O) groups excluding carboxylic acids is 1. The van der Waals surface area contributed by atoms with Gasteiger partial charge in [-0.05, 0) is 31.5 Å². The van der Waals surface area contributed by atoms with Crippen molar-refractivity contribution in [1.29, 1.82) is 0 Å². The smallest absolute Gasteiger partial charge is 0.349 e. The van der Waals surface area contributed by atoms with Gasteiger partial charge in [0, 0.05) is 7.05 Å². The maximum atomic E-state index is 12.6. The van der Waals surface area contributed by atoms with Gasteiger partial charge in [0.15, 0.2) is 0 Å². The molecule has 0 aliphatic rings. The second-order valence-corrected chi connectivity index (χ2v) is 7.22. The Morgan fingerprint density at radius 2 is 1.89 bits per heavy atom. The Labute approximate surface area is 158 Å². The van der Waals surface area contributed by atoms with Crippen molar-refractivity contribution < 1.29 is 9.53 Å². The molecule has 7 nitrogen and oxygen atoms in total. The molecule has 0 bridgehead atoms. The minimum Gasteiger partial charge on any atom is -0.455 e. The van der Waals surface area contributed by atoms with Crippen LogP contribution in [0, 0.1) is 13.8 Å². The van der Waals surface area contributed by atoms with E-state index in [9.17, 15) is 9.59 Å². The van der Waals surface area contributed by atoms with Crippen LogP contribution >= 0.6 is 11.3 Å². The normalized spacial score (nSPS) is 11.2. The fourth-order valence-electron chi connectivity index (χ4n) is 2.86. The van der Waals surface area contributed by atoms with Crippen molar-refractivity contribution in [3.8, 4) is 0 Å². The number of esters is 1. The van der Waals surface area contributed by atoms with Crippen LogP contribution in [0.1, 0.15) is 26.6 Å². The van der Waals surface area contributed by atoms with Crippen molar-refractivity contribution in [1.82, 2.24) is 19.5 Å². The third kappa shape index (κ3) is 2.97. The Bertz CT molecular complexity index is 1260. The van der Waals surface area contributed by atoms with Crippen molar-refractivity contribution in [2.24, 2.45) is 7.05 Å². The summed E-state index contributed by atoms with van der Waals surface area (Å²) in [6.45, 7) is 3.59. The Balaban J connectivity index is 1.63. The predicted molar refractivity (Wildman–Crippen MR) is 103 cm³/mol. The van der Waals surface area contributed by atoms with E-state index >= 15 is 0 Å². The van der Waals surface area contributed by atoms with E-state index in [-0.39, 0.29) is 12.2 Å². The number of benzene rings is 1. The minimum absolute atomic E-state index is 0.0155. The molecule has 0 unspecified atom stereocenters. The summed E-state index contributed by atoms with van der Waals surface area (Å²) < 4.78 is 6.85. The van der Waals surface area contributed by atoms with Gasteiger partial charge in [-0.1, -0.05) is 12.1 Å². The van der Waals surface area contributed by atoms with E-state index in [1.54, 1.807) is 14.0 Å². The van der Waals surface area contributed by atoms with Crippen LogP contribution in [-0.2, 0) is 18.4 Å². The van der Waals surface area contributed by atoms with E-state index < -0.39 is 5.97 Å². The first-order chi connectivity index (χ1) is 13.0. The number of carbonyl (C=O) groups is 1. The molecule has 0 saturated heterocycles. The lowest BCUT2D eigenvalue weighted by atomic mass is 10.2. The van der Waals surface area contributed by atoms with Gasteiger partial charge in [-0.3, -0.25) is 4.79 Å². The first-order valence-electron chi connectivity index (χ1n) is 8.30. The van der Waals surface area contributed by atoms with Crippen molar-refractivity contribution >= 4 is 38.6 Å². The molecule has 0 amide bonds. The van der Waals surface area contributed by atoms with Gasteiger partial charge in [-0.15, -0.1) is 11.3 Å². The Hall–Kier alpha value is -3.13. The highest BCUT2D eigenvalue weighted by Crippen LogP contribution is 2.27. The molecule has 0 atom stereocenters. The summed E-state index contributed by atoms with van der Waals surface area (Å²) in [4.78, 5) is 39.0. The average Bonchev–Trinajstić information content (AvgIpc) is 3.00. The molecule has 136 valence electrons. The van der Waals surface area contributed by atoms with E-state index in [4.69, 9.17) is 4.74 Å². The van der Waals surface area contributed by atoms with E-state index in [1.807, 2.05) is 31.2 Å². The van der Waals surface area contributed by atoms with Gasteiger partial charge in [-0.2, -0.15) is 0 Å². The molecular weight excluding hydrogens is 364 g/mol. The lowest BCUT2D eigenvalue weighted by Gasteiger charge is -2.07. The van der Waals surface area contributed by atoms with E-state index in [0.717, 1.165) is 22.4 Å². The van der Waals surface area contributed by atoms with E-state index in [0.29, 0.717) is 32.0 Å². The van der Waals surface area contributed by atoms with Crippen LogP contribution < -0.4 is 5.56 Å². The number of hydrogen-bond acceptors (Lipinski definition) is 7. The van der Waals surface area contributed by atoms with Crippen LogP contribution in [0.15, 0.2) is 35.4 Å². The molecule has 8 heteroatoms. The Kier molecular flexibility index (Phi) is 4.19. The van der Waals surface area contributed by atoms with Crippen LogP contribution in [0.5, 0.6) is 0 Å². The molecule has 0 radical (unpaired) electrons. The zero-order valence-corrected chi connectivity index (χ0v) is 15.8. The number of aromatic nitrogens is 4. The van der Waals surface area contributed by atoms with Crippen LogP contribution in [-0.4, -0.2) is 25.5 Å². The zero-order chi connectivity index (χ0) is 19.1. The van der Waals surface area contributed by atoms with E-state index in [1.165, 1.54) is 10.9 Å². The molecule has 0 spiro atoms. The average molecular weight is 380 g/mol. The highest BCUT2D eigenvalue weighted by molar-refractivity contribution is 7.20. The number of thiophene rings is 1. The summed E-state index contributed by atoms with van der Waals surface area (Å²) in [6.07, 6.45) is 1.45. The van der Waals surface area contributed by atoms with Gasteiger partial charge in [0.1, 0.15) is 16.3 Å². The summed E-state index contributed by atoms with van der Waals surface area (Å²) >= 11 is 1.16. The molecule has 0 saturated carbocycles. The molecule has 4 rings (SSSR count). The summed E-state index contributed by atoms with van der Waals surface area (Å²) in [5.74, 6) is -0.494. The molecule has 0 aliphatic heterocycles. The number of fused-ring (bicyclic) bond motifs is 2. The molecule has 27 heavy (non-hydrogen) atoms. The largest absolute Gasteiger partial charge is 0.455 e.